The maximum absolute atomic E-state index is 12.8. The monoisotopic (exact) mass is 399 g/mol. The number of rotatable bonds is 6. The first-order valence-corrected chi connectivity index (χ1v) is 10.1. The minimum absolute atomic E-state index is 0.0436. The van der Waals surface area contributed by atoms with Crippen LogP contribution in [0.3, 0.4) is 0 Å². The Labute approximate surface area is 171 Å². The molecule has 2 aromatic rings. The van der Waals surface area contributed by atoms with Crippen molar-refractivity contribution >= 4 is 29.2 Å². The second-order valence-corrected chi connectivity index (χ2v) is 7.50. The standard InChI is InChI=1S/C22H26ClN3O2/c23-18-8-6-7-17(15-18)12-13-21(27)26-14-5-4-11-20(26)16-24-22(28)25-19-9-2-1-3-10-19/h1-3,6-10,15,20H,4-5,11-14,16H2,(H2,24,25,28). The Morgan fingerprint density at radius 3 is 2.68 bits per heavy atom. The third kappa shape index (κ3) is 5.99. The van der Waals surface area contributed by atoms with E-state index in [9.17, 15) is 9.59 Å². The maximum Gasteiger partial charge on any atom is 0.319 e. The summed E-state index contributed by atoms with van der Waals surface area (Å²) in [4.78, 5) is 26.8. The number of hydrogen-bond acceptors (Lipinski definition) is 2. The summed E-state index contributed by atoms with van der Waals surface area (Å²) in [5.41, 5.74) is 1.81. The van der Waals surface area contributed by atoms with E-state index in [1.165, 1.54) is 0 Å². The molecule has 0 spiro atoms. The van der Waals surface area contributed by atoms with Gasteiger partial charge in [0, 0.05) is 36.3 Å². The van der Waals surface area contributed by atoms with Crippen molar-refractivity contribution in [3.05, 3.63) is 65.2 Å². The number of likely N-dealkylation sites (tertiary alicyclic amines) is 1. The van der Waals surface area contributed by atoms with Crippen molar-refractivity contribution in [2.24, 2.45) is 0 Å². The zero-order valence-corrected chi connectivity index (χ0v) is 16.6. The third-order valence-electron chi connectivity index (χ3n) is 4.99. The van der Waals surface area contributed by atoms with Crippen LogP contribution in [0.25, 0.3) is 0 Å². The molecule has 0 bridgehead atoms. The average Bonchev–Trinajstić information content (AvgIpc) is 2.71. The molecule has 2 N–H and O–H groups in total. The van der Waals surface area contributed by atoms with E-state index in [4.69, 9.17) is 11.6 Å². The highest BCUT2D eigenvalue weighted by Gasteiger charge is 2.26. The zero-order chi connectivity index (χ0) is 19.8. The first-order chi connectivity index (χ1) is 13.6. The number of carbonyl (C=O) groups excluding carboxylic acids is 2. The fourth-order valence-corrected chi connectivity index (χ4v) is 3.75. The van der Waals surface area contributed by atoms with Gasteiger partial charge in [0.25, 0.3) is 0 Å². The van der Waals surface area contributed by atoms with Gasteiger partial charge < -0.3 is 15.5 Å². The van der Waals surface area contributed by atoms with Gasteiger partial charge >= 0.3 is 6.03 Å². The first-order valence-electron chi connectivity index (χ1n) is 9.75. The summed E-state index contributed by atoms with van der Waals surface area (Å²) in [6.45, 7) is 1.21. The van der Waals surface area contributed by atoms with Gasteiger partial charge in [0.2, 0.25) is 5.91 Å². The summed E-state index contributed by atoms with van der Waals surface area (Å²) in [7, 11) is 0. The Bertz CT molecular complexity index is 797. The number of hydrogen-bond donors (Lipinski definition) is 2. The lowest BCUT2D eigenvalue weighted by Crippen LogP contribution is -2.50. The number of halogens is 1. The summed E-state index contributed by atoms with van der Waals surface area (Å²) < 4.78 is 0. The molecule has 2 aromatic carbocycles. The molecule has 0 aliphatic carbocycles. The average molecular weight is 400 g/mol. The van der Waals surface area contributed by atoms with Gasteiger partial charge in [-0.3, -0.25) is 4.79 Å². The number of nitrogens with zero attached hydrogens (tertiary/aromatic N) is 1. The lowest BCUT2D eigenvalue weighted by molar-refractivity contribution is -0.134. The Balaban J connectivity index is 1.50. The number of carbonyl (C=O) groups is 2. The van der Waals surface area contributed by atoms with E-state index < -0.39 is 0 Å². The highest BCUT2D eigenvalue weighted by molar-refractivity contribution is 6.30. The number of piperidine rings is 1. The van der Waals surface area contributed by atoms with Crippen LogP contribution in [-0.2, 0) is 11.2 Å². The van der Waals surface area contributed by atoms with E-state index >= 15 is 0 Å². The third-order valence-corrected chi connectivity index (χ3v) is 5.23. The van der Waals surface area contributed by atoms with Crippen molar-refractivity contribution < 1.29 is 9.59 Å². The second-order valence-electron chi connectivity index (χ2n) is 7.07. The molecule has 5 nitrogen and oxygen atoms in total. The van der Waals surface area contributed by atoms with Crippen LogP contribution in [0.15, 0.2) is 54.6 Å². The SMILES string of the molecule is O=C(NCC1CCCCN1C(=O)CCc1cccc(Cl)c1)Nc1ccccc1. The smallest absolute Gasteiger partial charge is 0.319 e. The molecule has 28 heavy (non-hydrogen) atoms. The van der Waals surface area contributed by atoms with Crippen molar-refractivity contribution in [2.45, 2.75) is 38.1 Å². The van der Waals surface area contributed by atoms with Gasteiger partial charge in [-0.1, -0.05) is 41.9 Å². The summed E-state index contributed by atoms with van der Waals surface area (Å²) in [6, 6.07) is 16.7. The normalized spacial score (nSPS) is 16.5. The van der Waals surface area contributed by atoms with Gasteiger partial charge in [-0.15, -0.1) is 0 Å². The number of nitrogens with one attached hydrogen (secondary N) is 2. The Morgan fingerprint density at radius 1 is 1.07 bits per heavy atom. The van der Waals surface area contributed by atoms with E-state index in [2.05, 4.69) is 10.6 Å². The van der Waals surface area contributed by atoms with E-state index in [1.54, 1.807) is 0 Å². The van der Waals surface area contributed by atoms with E-state index in [-0.39, 0.29) is 18.0 Å². The van der Waals surface area contributed by atoms with Crippen LogP contribution in [0, 0.1) is 0 Å². The van der Waals surface area contributed by atoms with Crippen molar-refractivity contribution in [2.75, 3.05) is 18.4 Å². The molecule has 3 amide bonds. The van der Waals surface area contributed by atoms with Crippen LogP contribution >= 0.6 is 11.6 Å². The summed E-state index contributed by atoms with van der Waals surface area (Å²) in [5, 5.41) is 6.41. The number of aryl methyl sites for hydroxylation is 1. The second kappa shape index (κ2) is 10.1. The van der Waals surface area contributed by atoms with Gasteiger partial charge in [0.15, 0.2) is 0 Å². The summed E-state index contributed by atoms with van der Waals surface area (Å²) >= 11 is 6.02. The van der Waals surface area contributed by atoms with Crippen LogP contribution in [0.2, 0.25) is 5.02 Å². The van der Waals surface area contributed by atoms with E-state index in [0.717, 1.165) is 37.1 Å². The first kappa shape index (κ1) is 20.2. The molecule has 148 valence electrons. The molecule has 0 radical (unpaired) electrons. The minimum atomic E-state index is -0.247. The number of para-hydroxylation sites is 1. The lowest BCUT2D eigenvalue weighted by atomic mass is 10.0. The van der Waals surface area contributed by atoms with Gasteiger partial charge in [0.05, 0.1) is 0 Å². The van der Waals surface area contributed by atoms with Crippen LogP contribution in [-0.4, -0.2) is 36.0 Å². The van der Waals surface area contributed by atoms with E-state index in [1.807, 2.05) is 59.5 Å². The van der Waals surface area contributed by atoms with Crippen molar-refractivity contribution in [1.29, 1.82) is 0 Å². The molecular formula is C22H26ClN3O2. The van der Waals surface area contributed by atoms with Gasteiger partial charge in [-0.25, -0.2) is 4.79 Å². The molecule has 1 heterocycles. The zero-order valence-electron chi connectivity index (χ0n) is 15.9. The molecule has 1 aliphatic rings. The van der Waals surface area contributed by atoms with Crippen LogP contribution < -0.4 is 10.6 Å². The molecule has 1 fully saturated rings. The molecule has 1 saturated heterocycles. The molecule has 6 heteroatoms. The summed E-state index contributed by atoms with van der Waals surface area (Å²) in [6.07, 6.45) is 4.12. The highest BCUT2D eigenvalue weighted by atomic mass is 35.5. The Hall–Kier alpha value is -2.53. The topological polar surface area (TPSA) is 61.4 Å². The minimum Gasteiger partial charge on any atom is -0.338 e. The number of anilines is 1. The molecule has 1 atom stereocenters. The quantitative estimate of drug-likeness (QED) is 0.752. The predicted molar refractivity (Wildman–Crippen MR) is 113 cm³/mol. The number of amides is 3. The molecule has 0 aromatic heterocycles. The van der Waals surface area contributed by atoms with Crippen LogP contribution in [0.1, 0.15) is 31.2 Å². The Kier molecular flexibility index (Phi) is 7.31. The molecule has 0 saturated carbocycles. The van der Waals surface area contributed by atoms with Crippen molar-refractivity contribution in [3.63, 3.8) is 0 Å². The maximum atomic E-state index is 12.8. The van der Waals surface area contributed by atoms with Crippen LogP contribution in [0.5, 0.6) is 0 Å². The Morgan fingerprint density at radius 2 is 1.89 bits per heavy atom. The van der Waals surface area contributed by atoms with Crippen LogP contribution in [0.4, 0.5) is 10.5 Å². The van der Waals surface area contributed by atoms with Crippen molar-refractivity contribution in [3.8, 4) is 0 Å². The largest absolute Gasteiger partial charge is 0.338 e. The van der Waals surface area contributed by atoms with Gasteiger partial charge in [-0.2, -0.15) is 0 Å². The van der Waals surface area contributed by atoms with Gasteiger partial charge in [0.1, 0.15) is 0 Å². The van der Waals surface area contributed by atoms with Gasteiger partial charge in [-0.05, 0) is 55.5 Å². The number of urea groups is 1. The molecule has 1 unspecified atom stereocenters. The predicted octanol–water partition coefficient (Wildman–Crippen LogP) is 4.48. The lowest BCUT2D eigenvalue weighted by Gasteiger charge is -2.36. The fourth-order valence-electron chi connectivity index (χ4n) is 3.54. The van der Waals surface area contributed by atoms with E-state index in [0.29, 0.717) is 24.4 Å². The summed E-state index contributed by atoms with van der Waals surface area (Å²) in [5.74, 6) is 0.134. The fraction of sp³-hybridized carbons (Fsp3) is 0.364. The molecule has 1 aliphatic heterocycles. The number of benzene rings is 2. The molecule has 3 rings (SSSR count). The molecular weight excluding hydrogens is 374 g/mol. The van der Waals surface area contributed by atoms with Crippen molar-refractivity contribution in [1.82, 2.24) is 10.2 Å². The highest BCUT2D eigenvalue weighted by Crippen LogP contribution is 2.19.